The summed E-state index contributed by atoms with van der Waals surface area (Å²) in [4.78, 5) is 21.2. The summed E-state index contributed by atoms with van der Waals surface area (Å²) in [5, 5.41) is 3.18. The summed E-state index contributed by atoms with van der Waals surface area (Å²) in [5.74, 6) is 1.77. The molecule has 1 unspecified atom stereocenters. The molecule has 0 aliphatic heterocycles. The summed E-state index contributed by atoms with van der Waals surface area (Å²) < 4.78 is 2.00. The van der Waals surface area contributed by atoms with Crippen LogP contribution in [0.3, 0.4) is 0 Å². The Bertz CT molecular complexity index is 657. The van der Waals surface area contributed by atoms with Gasteiger partial charge in [0.1, 0.15) is 11.3 Å². The van der Waals surface area contributed by atoms with E-state index in [1.165, 1.54) is 0 Å². The summed E-state index contributed by atoms with van der Waals surface area (Å²) in [6.45, 7) is 4.33. The molecule has 1 atom stereocenters. The molecule has 5 heteroatoms. The van der Waals surface area contributed by atoms with E-state index in [0.717, 1.165) is 36.3 Å². The first-order chi connectivity index (χ1) is 10.1. The monoisotopic (exact) mass is 286 g/mol. The Kier molecular flexibility index (Phi) is 3.66. The lowest BCUT2D eigenvalue weighted by molar-refractivity contribution is -0.123. The Hall–Kier alpha value is -1.91. The quantitative estimate of drug-likeness (QED) is 0.919. The first-order valence-corrected chi connectivity index (χ1v) is 7.64. The lowest BCUT2D eigenvalue weighted by atomic mass is 10.0. The summed E-state index contributed by atoms with van der Waals surface area (Å²) in [5.41, 5.74) is 1.74. The van der Waals surface area contributed by atoms with Crippen LogP contribution < -0.4 is 5.32 Å². The summed E-state index contributed by atoms with van der Waals surface area (Å²) in [6, 6.07) is 3.80. The van der Waals surface area contributed by atoms with Crippen LogP contribution in [0.2, 0.25) is 0 Å². The molecule has 1 fully saturated rings. The number of hydrogen-bond acceptors (Lipinski definition) is 3. The molecule has 2 heterocycles. The van der Waals surface area contributed by atoms with Crippen LogP contribution in [0.5, 0.6) is 0 Å². The maximum atomic E-state index is 12.1. The van der Waals surface area contributed by atoms with Crippen molar-refractivity contribution in [3.05, 3.63) is 24.2 Å². The van der Waals surface area contributed by atoms with Crippen molar-refractivity contribution in [2.45, 2.75) is 39.2 Å². The van der Waals surface area contributed by atoms with Crippen molar-refractivity contribution < 1.29 is 4.79 Å². The second-order valence-electron chi connectivity index (χ2n) is 6.34. The number of aromatic nitrogens is 3. The molecule has 2 aromatic heterocycles. The van der Waals surface area contributed by atoms with Gasteiger partial charge in [-0.2, -0.15) is 0 Å². The summed E-state index contributed by atoms with van der Waals surface area (Å²) in [6.07, 6.45) is 4.69. The number of aryl methyl sites for hydroxylation is 1. The van der Waals surface area contributed by atoms with E-state index < -0.39 is 0 Å². The third-order valence-electron chi connectivity index (χ3n) is 3.95. The Morgan fingerprint density at radius 1 is 1.48 bits per heavy atom. The number of carbonyl (C=O) groups excluding carboxylic acids is 1. The average molecular weight is 286 g/mol. The van der Waals surface area contributed by atoms with E-state index in [0.29, 0.717) is 5.92 Å². The van der Waals surface area contributed by atoms with Crippen molar-refractivity contribution in [3.63, 3.8) is 0 Å². The van der Waals surface area contributed by atoms with Gasteiger partial charge in [-0.25, -0.2) is 9.97 Å². The van der Waals surface area contributed by atoms with Gasteiger partial charge in [0, 0.05) is 19.2 Å². The third kappa shape index (κ3) is 2.91. The molecule has 0 aromatic carbocycles. The Morgan fingerprint density at radius 3 is 2.86 bits per heavy atom. The number of imidazole rings is 1. The second kappa shape index (κ2) is 5.47. The zero-order valence-corrected chi connectivity index (χ0v) is 12.8. The molecular weight excluding hydrogens is 264 g/mol. The minimum absolute atomic E-state index is 0.0442. The number of amides is 1. The van der Waals surface area contributed by atoms with Gasteiger partial charge in [0.2, 0.25) is 5.91 Å². The van der Waals surface area contributed by atoms with Gasteiger partial charge in [0.25, 0.3) is 0 Å². The summed E-state index contributed by atoms with van der Waals surface area (Å²) in [7, 11) is 1.97. The molecule has 0 bridgehead atoms. The highest BCUT2D eigenvalue weighted by molar-refractivity contribution is 5.81. The first-order valence-electron chi connectivity index (χ1n) is 7.64. The van der Waals surface area contributed by atoms with Gasteiger partial charge in [0.05, 0.1) is 6.04 Å². The first kappa shape index (κ1) is 14.0. The normalized spacial score (nSPS) is 16.4. The highest BCUT2D eigenvalue weighted by Gasteiger charge is 2.32. The third-order valence-corrected chi connectivity index (χ3v) is 3.95. The number of fused-ring (bicyclic) bond motifs is 1. The van der Waals surface area contributed by atoms with Gasteiger partial charge in [-0.05, 0) is 37.3 Å². The molecule has 21 heavy (non-hydrogen) atoms. The van der Waals surface area contributed by atoms with Crippen LogP contribution in [0.15, 0.2) is 18.3 Å². The van der Waals surface area contributed by atoms with Gasteiger partial charge < -0.3 is 9.88 Å². The molecule has 1 amide bonds. The maximum absolute atomic E-state index is 12.1. The van der Waals surface area contributed by atoms with E-state index >= 15 is 0 Å². The SMILES string of the molecule is CC(C)CC(NC(=O)C1CC1)c1nc2cccnc2n1C. The number of rotatable bonds is 5. The second-order valence-corrected chi connectivity index (χ2v) is 6.34. The lowest BCUT2D eigenvalue weighted by Gasteiger charge is -2.20. The van der Waals surface area contributed by atoms with E-state index in [1.54, 1.807) is 6.20 Å². The number of carbonyl (C=O) groups is 1. The minimum atomic E-state index is -0.0442. The predicted octanol–water partition coefficient (Wildman–Crippen LogP) is 2.58. The minimum Gasteiger partial charge on any atom is -0.346 e. The van der Waals surface area contributed by atoms with E-state index in [-0.39, 0.29) is 17.9 Å². The Labute approximate surface area is 124 Å². The van der Waals surface area contributed by atoms with E-state index in [4.69, 9.17) is 0 Å². The van der Waals surface area contributed by atoms with Gasteiger partial charge in [-0.15, -0.1) is 0 Å². The standard InChI is InChI=1S/C16H22N4O/c1-10(2)9-13(19-16(21)11-6-7-11)15-18-12-5-4-8-17-14(12)20(15)3/h4-5,8,10-11,13H,6-7,9H2,1-3H3,(H,19,21). The fraction of sp³-hybridized carbons (Fsp3) is 0.562. The Morgan fingerprint density at radius 2 is 2.24 bits per heavy atom. The predicted molar refractivity (Wildman–Crippen MR) is 81.6 cm³/mol. The van der Waals surface area contributed by atoms with E-state index in [2.05, 4.69) is 29.1 Å². The van der Waals surface area contributed by atoms with Crippen LogP contribution in [-0.4, -0.2) is 20.4 Å². The van der Waals surface area contributed by atoms with Crippen molar-refractivity contribution in [2.24, 2.45) is 18.9 Å². The van der Waals surface area contributed by atoms with E-state index in [1.807, 2.05) is 23.7 Å². The van der Waals surface area contributed by atoms with Gasteiger partial charge >= 0.3 is 0 Å². The number of nitrogens with zero attached hydrogens (tertiary/aromatic N) is 3. The molecule has 1 N–H and O–H groups in total. The van der Waals surface area contributed by atoms with Crippen molar-refractivity contribution in [1.29, 1.82) is 0 Å². The van der Waals surface area contributed by atoms with Gasteiger partial charge in [-0.3, -0.25) is 4.79 Å². The van der Waals surface area contributed by atoms with Crippen molar-refractivity contribution in [2.75, 3.05) is 0 Å². The van der Waals surface area contributed by atoms with Crippen LogP contribution in [-0.2, 0) is 11.8 Å². The molecule has 1 aliphatic rings. The van der Waals surface area contributed by atoms with Crippen molar-refractivity contribution in [1.82, 2.24) is 19.9 Å². The average Bonchev–Trinajstić information content (AvgIpc) is 3.23. The highest BCUT2D eigenvalue weighted by Crippen LogP contribution is 2.31. The zero-order chi connectivity index (χ0) is 15.0. The molecule has 5 nitrogen and oxygen atoms in total. The van der Waals surface area contributed by atoms with Gasteiger partial charge in [-0.1, -0.05) is 13.8 Å². The van der Waals surface area contributed by atoms with Crippen LogP contribution >= 0.6 is 0 Å². The molecule has 112 valence electrons. The zero-order valence-electron chi connectivity index (χ0n) is 12.8. The number of hydrogen-bond donors (Lipinski definition) is 1. The van der Waals surface area contributed by atoms with Crippen LogP contribution in [0.25, 0.3) is 11.2 Å². The van der Waals surface area contributed by atoms with Crippen LogP contribution in [0, 0.1) is 11.8 Å². The van der Waals surface area contributed by atoms with Crippen LogP contribution in [0.1, 0.15) is 45.0 Å². The molecule has 0 radical (unpaired) electrons. The molecule has 0 spiro atoms. The lowest BCUT2D eigenvalue weighted by Crippen LogP contribution is -2.32. The smallest absolute Gasteiger partial charge is 0.223 e. The molecule has 3 rings (SSSR count). The summed E-state index contributed by atoms with van der Waals surface area (Å²) >= 11 is 0. The van der Waals surface area contributed by atoms with Crippen molar-refractivity contribution in [3.8, 4) is 0 Å². The highest BCUT2D eigenvalue weighted by atomic mass is 16.2. The largest absolute Gasteiger partial charge is 0.346 e. The van der Waals surface area contributed by atoms with E-state index in [9.17, 15) is 4.79 Å². The van der Waals surface area contributed by atoms with Crippen LogP contribution in [0.4, 0.5) is 0 Å². The molecule has 0 saturated heterocycles. The number of nitrogens with one attached hydrogen (secondary N) is 1. The topological polar surface area (TPSA) is 59.8 Å². The fourth-order valence-electron chi connectivity index (χ4n) is 2.69. The number of pyridine rings is 1. The molecule has 1 aliphatic carbocycles. The molecule has 2 aromatic rings. The molecular formula is C16H22N4O. The Balaban J connectivity index is 1.92. The fourth-order valence-corrected chi connectivity index (χ4v) is 2.69. The molecule has 1 saturated carbocycles. The van der Waals surface area contributed by atoms with Gasteiger partial charge in [0.15, 0.2) is 5.65 Å². The van der Waals surface area contributed by atoms with Crippen molar-refractivity contribution >= 4 is 17.1 Å². The maximum Gasteiger partial charge on any atom is 0.223 e.